The van der Waals surface area contributed by atoms with Gasteiger partial charge in [0, 0.05) is 6.54 Å². The van der Waals surface area contributed by atoms with Crippen molar-refractivity contribution in [3.8, 4) is 0 Å². The molecule has 1 aromatic carbocycles. The van der Waals surface area contributed by atoms with Gasteiger partial charge in [-0.3, -0.25) is 4.79 Å². The van der Waals surface area contributed by atoms with Crippen LogP contribution in [0.4, 0.5) is 0 Å². The molecule has 2 aliphatic rings. The number of sulfonamides is 1. The number of carbonyl (C=O) groups is 1. The molecular formula is C18H20N2O5S3. The van der Waals surface area contributed by atoms with Crippen molar-refractivity contribution in [2.75, 3.05) is 12.3 Å². The summed E-state index contributed by atoms with van der Waals surface area (Å²) in [5, 5.41) is 4.59. The monoisotopic (exact) mass is 440 g/mol. The standard InChI is InChI=1S/C18H20N2O5S3/c21-18(15-6-3-10-20(15)28(24,25)17-8-4-11-26-17)19-14-9-12-27(22,23)16-7-2-1-5-13(14)16/h1-2,4-5,7-8,11,14-15H,3,6,9-10,12H2,(H,19,21). The Morgan fingerprint density at radius 3 is 2.68 bits per heavy atom. The van der Waals surface area contributed by atoms with E-state index in [1.807, 2.05) is 0 Å². The Morgan fingerprint density at radius 1 is 1.14 bits per heavy atom. The quantitative estimate of drug-likeness (QED) is 0.783. The van der Waals surface area contributed by atoms with E-state index in [0.29, 0.717) is 24.9 Å². The van der Waals surface area contributed by atoms with Gasteiger partial charge in [0.1, 0.15) is 10.3 Å². The number of rotatable bonds is 4. The van der Waals surface area contributed by atoms with Crippen molar-refractivity contribution >= 4 is 37.1 Å². The van der Waals surface area contributed by atoms with Crippen molar-refractivity contribution in [2.45, 2.75) is 40.5 Å². The minimum atomic E-state index is -3.71. The lowest BCUT2D eigenvalue weighted by Crippen LogP contribution is -2.47. The van der Waals surface area contributed by atoms with E-state index in [4.69, 9.17) is 0 Å². The van der Waals surface area contributed by atoms with Crippen molar-refractivity contribution in [1.82, 2.24) is 9.62 Å². The van der Waals surface area contributed by atoms with Gasteiger partial charge in [0.05, 0.1) is 16.7 Å². The fourth-order valence-corrected chi connectivity index (χ4v) is 8.22. The van der Waals surface area contributed by atoms with Gasteiger partial charge < -0.3 is 5.32 Å². The number of amides is 1. The summed E-state index contributed by atoms with van der Waals surface area (Å²) in [6, 6.07) is 8.63. The van der Waals surface area contributed by atoms with Crippen molar-refractivity contribution in [3.05, 3.63) is 47.3 Å². The first-order chi connectivity index (χ1) is 13.3. The summed E-state index contributed by atoms with van der Waals surface area (Å²) in [5.74, 6) is -0.423. The van der Waals surface area contributed by atoms with E-state index in [1.54, 1.807) is 35.7 Å². The highest BCUT2D eigenvalue weighted by Crippen LogP contribution is 2.33. The van der Waals surface area contributed by atoms with Crippen molar-refractivity contribution in [2.24, 2.45) is 0 Å². The SMILES string of the molecule is O=C(NC1CCS(=O)(=O)c2ccccc21)C1CCCN1S(=O)(=O)c1cccs1. The van der Waals surface area contributed by atoms with Crippen molar-refractivity contribution < 1.29 is 21.6 Å². The third-order valence-corrected chi connectivity index (χ3v) is 10.3. The van der Waals surface area contributed by atoms with E-state index in [9.17, 15) is 21.6 Å². The lowest BCUT2D eigenvalue weighted by atomic mass is 10.0. The molecule has 1 N–H and O–H groups in total. The van der Waals surface area contributed by atoms with Crippen LogP contribution in [0.25, 0.3) is 0 Å². The Morgan fingerprint density at radius 2 is 1.93 bits per heavy atom. The summed E-state index contributed by atoms with van der Waals surface area (Å²) in [4.78, 5) is 13.2. The summed E-state index contributed by atoms with van der Waals surface area (Å²) in [6.45, 7) is 0.300. The highest BCUT2D eigenvalue weighted by Gasteiger charge is 2.41. The van der Waals surface area contributed by atoms with Gasteiger partial charge in [-0.05, 0) is 42.3 Å². The van der Waals surface area contributed by atoms with Gasteiger partial charge in [-0.15, -0.1) is 11.3 Å². The number of hydrogen-bond acceptors (Lipinski definition) is 6. The molecule has 7 nitrogen and oxygen atoms in total. The van der Waals surface area contributed by atoms with E-state index >= 15 is 0 Å². The first-order valence-corrected chi connectivity index (χ1v) is 13.0. The minimum absolute atomic E-state index is 0.0448. The lowest BCUT2D eigenvalue weighted by Gasteiger charge is -2.29. The highest BCUT2D eigenvalue weighted by atomic mass is 32.2. The van der Waals surface area contributed by atoms with Crippen LogP contribution in [0.2, 0.25) is 0 Å². The Bertz CT molecular complexity index is 1090. The van der Waals surface area contributed by atoms with Crippen LogP contribution in [0.3, 0.4) is 0 Å². The summed E-state index contributed by atoms with van der Waals surface area (Å²) in [7, 11) is -7.06. The molecule has 0 aliphatic carbocycles. The number of nitrogens with one attached hydrogen (secondary N) is 1. The van der Waals surface area contributed by atoms with Gasteiger partial charge in [-0.2, -0.15) is 4.31 Å². The molecule has 2 unspecified atom stereocenters. The van der Waals surface area contributed by atoms with Crippen molar-refractivity contribution in [3.63, 3.8) is 0 Å². The second kappa shape index (κ2) is 7.25. The van der Waals surface area contributed by atoms with Gasteiger partial charge in [-0.1, -0.05) is 24.3 Å². The predicted molar refractivity (Wildman–Crippen MR) is 105 cm³/mol. The van der Waals surface area contributed by atoms with Crippen LogP contribution in [-0.4, -0.2) is 45.4 Å². The molecular weight excluding hydrogens is 420 g/mol. The number of hydrogen-bond donors (Lipinski definition) is 1. The van der Waals surface area contributed by atoms with E-state index in [2.05, 4.69) is 5.32 Å². The number of fused-ring (bicyclic) bond motifs is 1. The van der Waals surface area contributed by atoms with Crippen LogP contribution in [0, 0.1) is 0 Å². The summed E-state index contributed by atoms with van der Waals surface area (Å²) >= 11 is 1.13. The average Bonchev–Trinajstić information content (AvgIpc) is 3.36. The Balaban J connectivity index is 1.57. The van der Waals surface area contributed by atoms with Gasteiger partial charge in [0.2, 0.25) is 5.91 Å². The van der Waals surface area contributed by atoms with Gasteiger partial charge >= 0.3 is 0 Å². The summed E-state index contributed by atoms with van der Waals surface area (Å²) in [6.07, 6.45) is 1.33. The largest absolute Gasteiger partial charge is 0.348 e. The van der Waals surface area contributed by atoms with Gasteiger partial charge in [0.25, 0.3) is 10.0 Å². The molecule has 1 fully saturated rings. The number of sulfone groups is 1. The normalized spacial score (nSPS) is 24.6. The van der Waals surface area contributed by atoms with Gasteiger partial charge in [-0.25, -0.2) is 16.8 Å². The number of thiophene rings is 1. The van der Waals surface area contributed by atoms with Crippen LogP contribution in [0.15, 0.2) is 50.9 Å². The molecule has 28 heavy (non-hydrogen) atoms. The van der Waals surface area contributed by atoms with Crippen molar-refractivity contribution in [1.29, 1.82) is 0 Å². The fourth-order valence-electron chi connectivity index (χ4n) is 3.82. The Kier molecular flexibility index (Phi) is 5.07. The molecule has 2 aliphatic heterocycles. The number of carbonyl (C=O) groups excluding carboxylic acids is 1. The zero-order valence-corrected chi connectivity index (χ0v) is 17.4. The van der Waals surface area contributed by atoms with E-state index < -0.39 is 31.9 Å². The maximum Gasteiger partial charge on any atom is 0.253 e. The molecule has 1 amide bonds. The molecule has 0 spiro atoms. The maximum atomic E-state index is 12.9. The molecule has 10 heteroatoms. The molecule has 2 aromatic rings. The average molecular weight is 441 g/mol. The fraction of sp³-hybridized carbons (Fsp3) is 0.389. The number of nitrogens with zero attached hydrogens (tertiary/aromatic N) is 1. The smallest absolute Gasteiger partial charge is 0.253 e. The van der Waals surface area contributed by atoms with Crippen LogP contribution in [0.1, 0.15) is 30.9 Å². The second-order valence-electron chi connectivity index (χ2n) is 6.91. The second-order valence-corrected chi connectivity index (χ2v) is 12.1. The minimum Gasteiger partial charge on any atom is -0.348 e. The third kappa shape index (κ3) is 3.38. The third-order valence-electron chi connectivity index (χ3n) is 5.19. The molecule has 1 aromatic heterocycles. The molecule has 150 valence electrons. The topological polar surface area (TPSA) is 101 Å². The summed E-state index contributed by atoms with van der Waals surface area (Å²) < 4.78 is 51.8. The Hall–Kier alpha value is -1.75. The van der Waals surface area contributed by atoms with E-state index in [1.165, 1.54) is 10.4 Å². The highest BCUT2D eigenvalue weighted by molar-refractivity contribution is 7.91. The predicted octanol–water partition coefficient (Wildman–Crippen LogP) is 1.94. The Labute approximate surface area is 168 Å². The molecule has 2 atom stereocenters. The zero-order valence-electron chi connectivity index (χ0n) is 14.9. The molecule has 0 saturated carbocycles. The van der Waals surface area contributed by atoms with Gasteiger partial charge in [0.15, 0.2) is 9.84 Å². The number of benzene rings is 1. The molecule has 1 saturated heterocycles. The first kappa shape index (κ1) is 19.6. The molecule has 0 bridgehead atoms. The van der Waals surface area contributed by atoms with Crippen LogP contribution in [-0.2, 0) is 24.7 Å². The van der Waals surface area contributed by atoms with E-state index in [0.717, 1.165) is 11.3 Å². The molecule has 4 rings (SSSR count). The van der Waals surface area contributed by atoms with Crippen LogP contribution < -0.4 is 5.32 Å². The van der Waals surface area contributed by atoms with E-state index in [-0.39, 0.29) is 27.2 Å². The zero-order chi connectivity index (χ0) is 19.9. The molecule has 0 radical (unpaired) electrons. The van der Waals surface area contributed by atoms with Crippen LogP contribution >= 0.6 is 11.3 Å². The van der Waals surface area contributed by atoms with Crippen LogP contribution in [0.5, 0.6) is 0 Å². The lowest BCUT2D eigenvalue weighted by molar-refractivity contribution is -0.125. The molecule has 3 heterocycles. The maximum absolute atomic E-state index is 12.9. The first-order valence-electron chi connectivity index (χ1n) is 8.98. The summed E-state index contributed by atoms with van der Waals surface area (Å²) in [5.41, 5.74) is 0.563.